The van der Waals surface area contributed by atoms with Gasteiger partial charge in [-0.1, -0.05) is 41.6 Å². The molecule has 0 spiro atoms. The van der Waals surface area contributed by atoms with Gasteiger partial charge in [0.15, 0.2) is 5.16 Å². The Morgan fingerprint density at radius 2 is 1.94 bits per heavy atom. The number of hydrogen-bond donors (Lipinski definition) is 1. The molecule has 3 nitrogen and oxygen atoms in total. The first-order valence-electron chi connectivity index (χ1n) is 5.50. The average molecular weight is 276 g/mol. The number of imidazole rings is 1. The van der Waals surface area contributed by atoms with Crippen molar-refractivity contribution < 1.29 is 0 Å². The van der Waals surface area contributed by atoms with Crippen LogP contribution in [0.5, 0.6) is 0 Å². The van der Waals surface area contributed by atoms with Gasteiger partial charge in [0.25, 0.3) is 0 Å². The number of fused-ring (bicyclic) bond motifs is 1. The van der Waals surface area contributed by atoms with Gasteiger partial charge in [-0.05, 0) is 24.3 Å². The van der Waals surface area contributed by atoms with Crippen LogP contribution in [0.4, 0.5) is 0 Å². The van der Waals surface area contributed by atoms with Gasteiger partial charge in [0.2, 0.25) is 0 Å². The third-order valence-corrected chi connectivity index (χ3v) is 3.61. The lowest BCUT2D eigenvalue weighted by Crippen LogP contribution is -1.86. The molecule has 3 rings (SSSR count). The van der Waals surface area contributed by atoms with Crippen molar-refractivity contribution in [3.63, 3.8) is 0 Å². The van der Waals surface area contributed by atoms with Gasteiger partial charge >= 0.3 is 0 Å². The molecule has 0 aliphatic heterocycles. The van der Waals surface area contributed by atoms with E-state index < -0.39 is 0 Å². The van der Waals surface area contributed by atoms with Gasteiger partial charge < -0.3 is 4.98 Å². The van der Waals surface area contributed by atoms with Gasteiger partial charge in [0, 0.05) is 5.75 Å². The monoisotopic (exact) mass is 275 g/mol. The molecular formula is C13H10ClN3S. The Morgan fingerprint density at radius 3 is 2.78 bits per heavy atom. The molecule has 0 aliphatic rings. The smallest absolute Gasteiger partial charge is 0.166 e. The summed E-state index contributed by atoms with van der Waals surface area (Å²) in [6, 6.07) is 13.6. The van der Waals surface area contributed by atoms with Crippen molar-refractivity contribution in [3.8, 4) is 0 Å². The molecule has 0 aliphatic carbocycles. The molecule has 3 aromatic rings. The van der Waals surface area contributed by atoms with E-state index in [0.29, 0.717) is 5.15 Å². The first-order valence-corrected chi connectivity index (χ1v) is 6.86. The summed E-state index contributed by atoms with van der Waals surface area (Å²) in [6.07, 6.45) is 0. The lowest BCUT2D eigenvalue weighted by atomic mass is 10.3. The molecule has 0 atom stereocenters. The Morgan fingerprint density at radius 1 is 1.06 bits per heavy atom. The minimum Gasteiger partial charge on any atom is -0.333 e. The zero-order chi connectivity index (χ0) is 12.4. The van der Waals surface area contributed by atoms with E-state index in [-0.39, 0.29) is 0 Å². The van der Waals surface area contributed by atoms with Crippen LogP contribution in [0.2, 0.25) is 5.15 Å². The predicted molar refractivity (Wildman–Crippen MR) is 74.9 cm³/mol. The van der Waals surface area contributed by atoms with Crippen LogP contribution in [0.15, 0.2) is 47.6 Å². The fourth-order valence-corrected chi connectivity index (χ4v) is 2.64. The Labute approximate surface area is 114 Å². The number of hydrogen-bond acceptors (Lipinski definition) is 3. The number of para-hydroxylation sites is 2. The number of thioether (sulfide) groups is 1. The lowest BCUT2D eigenvalue weighted by molar-refractivity contribution is 1.07. The highest BCUT2D eigenvalue weighted by molar-refractivity contribution is 7.98. The van der Waals surface area contributed by atoms with Crippen molar-refractivity contribution in [3.05, 3.63) is 53.3 Å². The largest absolute Gasteiger partial charge is 0.333 e. The summed E-state index contributed by atoms with van der Waals surface area (Å²) in [5.74, 6) is 0.750. The van der Waals surface area contributed by atoms with Crippen LogP contribution in [0.1, 0.15) is 5.69 Å². The second-order valence-electron chi connectivity index (χ2n) is 3.80. The van der Waals surface area contributed by atoms with Crippen molar-refractivity contribution in [1.82, 2.24) is 15.0 Å². The Balaban J connectivity index is 1.76. The summed E-state index contributed by atoms with van der Waals surface area (Å²) < 4.78 is 0. The SMILES string of the molecule is Clc1cccc(CSc2nc3ccccc3[nH]2)n1. The third kappa shape index (κ3) is 2.49. The van der Waals surface area contributed by atoms with Crippen molar-refractivity contribution in [2.75, 3.05) is 0 Å². The topological polar surface area (TPSA) is 41.6 Å². The van der Waals surface area contributed by atoms with Gasteiger partial charge in [0.1, 0.15) is 5.15 Å². The third-order valence-electron chi connectivity index (χ3n) is 2.50. The molecule has 0 saturated carbocycles. The summed E-state index contributed by atoms with van der Waals surface area (Å²) in [5, 5.41) is 1.43. The van der Waals surface area contributed by atoms with Crippen molar-refractivity contribution in [2.24, 2.45) is 0 Å². The minimum absolute atomic E-state index is 0.526. The van der Waals surface area contributed by atoms with E-state index in [4.69, 9.17) is 11.6 Å². The number of nitrogens with zero attached hydrogens (tertiary/aromatic N) is 2. The predicted octanol–water partition coefficient (Wildman–Crippen LogP) is 3.90. The van der Waals surface area contributed by atoms with Crippen LogP contribution in [-0.2, 0) is 5.75 Å². The molecule has 90 valence electrons. The van der Waals surface area contributed by atoms with Crippen LogP contribution in [0.3, 0.4) is 0 Å². The normalized spacial score (nSPS) is 10.9. The molecule has 2 heterocycles. The maximum Gasteiger partial charge on any atom is 0.166 e. The molecule has 0 fully saturated rings. The summed E-state index contributed by atoms with van der Waals surface area (Å²) >= 11 is 7.47. The van der Waals surface area contributed by atoms with E-state index in [1.54, 1.807) is 17.8 Å². The number of pyridine rings is 1. The standard InChI is InChI=1S/C13H10ClN3S/c14-12-7-3-4-9(15-12)8-18-13-16-10-5-1-2-6-11(10)17-13/h1-7H,8H2,(H,16,17). The Kier molecular flexibility index (Phi) is 3.21. The molecule has 1 aromatic carbocycles. The number of benzene rings is 1. The molecule has 0 unspecified atom stereocenters. The van der Waals surface area contributed by atoms with Crippen molar-refractivity contribution >= 4 is 34.4 Å². The Bertz CT molecular complexity index is 648. The first-order chi connectivity index (χ1) is 8.81. The Hall–Kier alpha value is -1.52. The van der Waals surface area contributed by atoms with Crippen LogP contribution < -0.4 is 0 Å². The number of rotatable bonds is 3. The van der Waals surface area contributed by atoms with Crippen LogP contribution in [0.25, 0.3) is 11.0 Å². The molecule has 5 heteroatoms. The summed E-state index contributed by atoms with van der Waals surface area (Å²) in [5.41, 5.74) is 2.99. The van der Waals surface area contributed by atoms with E-state index in [0.717, 1.165) is 27.6 Å². The van der Waals surface area contributed by atoms with E-state index in [1.165, 1.54) is 0 Å². The maximum atomic E-state index is 5.85. The molecule has 2 aromatic heterocycles. The van der Waals surface area contributed by atoms with Gasteiger partial charge in [-0.25, -0.2) is 9.97 Å². The second kappa shape index (κ2) is 5.00. The van der Waals surface area contributed by atoms with Crippen LogP contribution in [0, 0.1) is 0 Å². The first kappa shape index (κ1) is 11.6. The van der Waals surface area contributed by atoms with Crippen molar-refractivity contribution in [2.45, 2.75) is 10.9 Å². The van der Waals surface area contributed by atoms with E-state index >= 15 is 0 Å². The minimum atomic E-state index is 0.526. The highest BCUT2D eigenvalue weighted by Crippen LogP contribution is 2.22. The second-order valence-corrected chi connectivity index (χ2v) is 5.15. The molecule has 0 amide bonds. The summed E-state index contributed by atoms with van der Waals surface area (Å²) in [6.45, 7) is 0. The van der Waals surface area contributed by atoms with Crippen LogP contribution >= 0.6 is 23.4 Å². The number of halogens is 1. The van der Waals surface area contributed by atoms with Crippen LogP contribution in [-0.4, -0.2) is 15.0 Å². The molecular weight excluding hydrogens is 266 g/mol. The number of aromatic amines is 1. The zero-order valence-corrected chi connectivity index (χ0v) is 11.0. The van der Waals surface area contributed by atoms with E-state index in [2.05, 4.69) is 15.0 Å². The van der Waals surface area contributed by atoms with Gasteiger partial charge in [-0.15, -0.1) is 0 Å². The maximum absolute atomic E-state index is 5.85. The molecule has 18 heavy (non-hydrogen) atoms. The fourth-order valence-electron chi connectivity index (χ4n) is 1.67. The quantitative estimate of drug-likeness (QED) is 0.582. The fraction of sp³-hybridized carbons (Fsp3) is 0.0769. The average Bonchev–Trinajstić information content (AvgIpc) is 2.79. The molecule has 0 saturated heterocycles. The molecule has 1 N–H and O–H groups in total. The highest BCUT2D eigenvalue weighted by atomic mass is 35.5. The summed E-state index contributed by atoms with van der Waals surface area (Å²) in [7, 11) is 0. The highest BCUT2D eigenvalue weighted by Gasteiger charge is 2.03. The zero-order valence-electron chi connectivity index (χ0n) is 9.43. The van der Waals surface area contributed by atoms with Gasteiger partial charge in [-0.2, -0.15) is 0 Å². The van der Waals surface area contributed by atoms with E-state index in [9.17, 15) is 0 Å². The number of H-pyrrole nitrogens is 1. The lowest BCUT2D eigenvalue weighted by Gasteiger charge is -1.98. The number of nitrogens with one attached hydrogen (secondary N) is 1. The van der Waals surface area contributed by atoms with Crippen molar-refractivity contribution in [1.29, 1.82) is 0 Å². The van der Waals surface area contributed by atoms with E-state index in [1.807, 2.05) is 36.4 Å². The van der Waals surface area contributed by atoms with Gasteiger partial charge in [-0.3, -0.25) is 0 Å². The number of aromatic nitrogens is 3. The van der Waals surface area contributed by atoms with Gasteiger partial charge in [0.05, 0.1) is 16.7 Å². The molecule has 0 bridgehead atoms. The summed E-state index contributed by atoms with van der Waals surface area (Å²) in [4.78, 5) is 12.0. The molecule has 0 radical (unpaired) electrons.